The molecule has 68 valence electrons. The Balaban J connectivity index is 1.93. The Labute approximate surface area is 84.0 Å². The maximum atomic E-state index is 5.72. The van der Waals surface area contributed by atoms with Crippen LogP contribution in [0.5, 0.6) is 0 Å². The summed E-state index contributed by atoms with van der Waals surface area (Å²) in [5, 5.41) is 10.6. The summed E-state index contributed by atoms with van der Waals surface area (Å²) in [6.45, 7) is 0.684. The van der Waals surface area contributed by atoms with Crippen molar-refractivity contribution >= 4 is 28.1 Å². The van der Waals surface area contributed by atoms with E-state index in [0.29, 0.717) is 10.9 Å². The number of nitrogens with one attached hydrogen (secondary N) is 2. The largest absolute Gasteiger partial charge is 0.356 e. The molecule has 0 aromatic carbocycles. The second-order valence-corrected chi connectivity index (χ2v) is 4.07. The average Bonchev–Trinajstić information content (AvgIpc) is 2.71. The van der Waals surface area contributed by atoms with Gasteiger partial charge in [-0.3, -0.25) is 5.10 Å². The van der Waals surface area contributed by atoms with Crippen molar-refractivity contribution in [2.24, 2.45) is 0 Å². The van der Waals surface area contributed by atoms with E-state index in [2.05, 4.69) is 20.5 Å². The molecule has 0 unspecified atom stereocenters. The van der Waals surface area contributed by atoms with Crippen molar-refractivity contribution in [3.05, 3.63) is 28.5 Å². The van der Waals surface area contributed by atoms with Gasteiger partial charge in [0.05, 0.1) is 18.4 Å². The van der Waals surface area contributed by atoms with E-state index in [0.717, 1.165) is 10.8 Å². The fraction of sp³-hybridized carbons (Fsp3) is 0.143. The van der Waals surface area contributed by atoms with E-state index in [-0.39, 0.29) is 0 Å². The van der Waals surface area contributed by atoms with Gasteiger partial charge < -0.3 is 5.32 Å². The lowest BCUT2D eigenvalue weighted by Gasteiger charge is -1.97. The van der Waals surface area contributed by atoms with Crippen LogP contribution in [0.25, 0.3) is 0 Å². The smallest absolute Gasteiger partial charge is 0.184 e. The van der Waals surface area contributed by atoms with Crippen LogP contribution in [0.3, 0.4) is 0 Å². The molecule has 4 nitrogen and oxygen atoms in total. The number of hydrogen-bond donors (Lipinski definition) is 2. The molecule has 6 heteroatoms. The third-order valence-electron chi connectivity index (χ3n) is 1.47. The van der Waals surface area contributed by atoms with Crippen LogP contribution >= 0.6 is 22.9 Å². The van der Waals surface area contributed by atoms with Crippen LogP contribution in [0, 0.1) is 0 Å². The van der Waals surface area contributed by atoms with Gasteiger partial charge in [-0.05, 0) is 6.07 Å². The van der Waals surface area contributed by atoms with Gasteiger partial charge >= 0.3 is 0 Å². The van der Waals surface area contributed by atoms with E-state index in [9.17, 15) is 0 Å². The molecular formula is C7H7ClN4S. The molecule has 0 aliphatic heterocycles. The average molecular weight is 215 g/mol. The molecule has 13 heavy (non-hydrogen) atoms. The molecule has 0 fully saturated rings. The van der Waals surface area contributed by atoms with Crippen LogP contribution < -0.4 is 5.32 Å². The lowest BCUT2D eigenvalue weighted by molar-refractivity contribution is 0.979. The molecule has 0 bridgehead atoms. The summed E-state index contributed by atoms with van der Waals surface area (Å²) in [6.07, 6.45) is 3.34. The van der Waals surface area contributed by atoms with Crippen LogP contribution in [-0.2, 0) is 6.54 Å². The molecule has 2 aromatic heterocycles. The normalized spacial score (nSPS) is 10.2. The van der Waals surface area contributed by atoms with Crippen molar-refractivity contribution in [2.45, 2.75) is 6.54 Å². The molecule has 0 saturated heterocycles. The number of anilines is 1. The second kappa shape index (κ2) is 3.76. The van der Waals surface area contributed by atoms with Crippen LogP contribution in [0.15, 0.2) is 18.5 Å². The highest BCUT2D eigenvalue weighted by molar-refractivity contribution is 7.19. The van der Waals surface area contributed by atoms with Gasteiger partial charge in [0.2, 0.25) is 0 Å². The quantitative estimate of drug-likeness (QED) is 0.823. The Bertz CT molecular complexity index is 370. The first-order valence-corrected chi connectivity index (χ1v) is 4.87. The zero-order valence-corrected chi connectivity index (χ0v) is 8.19. The topological polar surface area (TPSA) is 53.6 Å². The third-order valence-corrected chi connectivity index (χ3v) is 2.54. The van der Waals surface area contributed by atoms with Crippen molar-refractivity contribution in [3.63, 3.8) is 0 Å². The van der Waals surface area contributed by atoms with Crippen molar-refractivity contribution in [2.75, 3.05) is 5.32 Å². The lowest BCUT2D eigenvalue weighted by Crippen LogP contribution is -1.98. The molecule has 2 rings (SSSR count). The first-order valence-electron chi connectivity index (χ1n) is 3.68. The maximum Gasteiger partial charge on any atom is 0.184 e. The van der Waals surface area contributed by atoms with E-state index < -0.39 is 0 Å². The molecule has 2 aromatic rings. The number of halogens is 1. The first kappa shape index (κ1) is 8.52. The van der Waals surface area contributed by atoms with Gasteiger partial charge in [-0.1, -0.05) is 22.9 Å². The minimum atomic E-state index is 0.684. The lowest BCUT2D eigenvalue weighted by atomic mass is 10.4. The summed E-state index contributed by atoms with van der Waals surface area (Å²) >= 11 is 7.14. The first-order chi connectivity index (χ1) is 6.34. The predicted octanol–water partition coefficient (Wildman–Crippen LogP) is 2.13. The Morgan fingerprint density at radius 2 is 2.54 bits per heavy atom. The maximum absolute atomic E-state index is 5.72. The minimum absolute atomic E-state index is 0.684. The third kappa shape index (κ3) is 2.19. The summed E-state index contributed by atoms with van der Waals surface area (Å²) in [7, 11) is 0. The van der Waals surface area contributed by atoms with Gasteiger partial charge in [-0.2, -0.15) is 5.10 Å². The molecular weight excluding hydrogens is 208 g/mol. The van der Waals surface area contributed by atoms with E-state index in [1.165, 1.54) is 11.3 Å². The van der Waals surface area contributed by atoms with Gasteiger partial charge in [0.1, 0.15) is 4.34 Å². The second-order valence-electron chi connectivity index (χ2n) is 2.40. The van der Waals surface area contributed by atoms with Crippen molar-refractivity contribution in [1.29, 1.82) is 0 Å². The number of aromatic amines is 1. The highest BCUT2D eigenvalue weighted by Crippen LogP contribution is 2.22. The minimum Gasteiger partial charge on any atom is -0.356 e. The van der Waals surface area contributed by atoms with E-state index >= 15 is 0 Å². The molecule has 0 saturated carbocycles. The van der Waals surface area contributed by atoms with Gasteiger partial charge in [0.15, 0.2) is 5.13 Å². The standard InChI is InChI=1S/C7H7ClN4S/c8-6-4-10-7(13-6)9-3-5-1-2-11-12-5/h1-2,4H,3H2,(H,9,10)(H,11,12). The van der Waals surface area contributed by atoms with E-state index in [4.69, 9.17) is 11.6 Å². The number of aromatic nitrogens is 3. The number of H-pyrrole nitrogens is 1. The van der Waals surface area contributed by atoms with Crippen molar-refractivity contribution in [3.8, 4) is 0 Å². The number of rotatable bonds is 3. The Morgan fingerprint density at radius 3 is 3.15 bits per heavy atom. The summed E-state index contributed by atoms with van der Waals surface area (Å²) < 4.78 is 0.687. The van der Waals surface area contributed by atoms with Crippen molar-refractivity contribution < 1.29 is 0 Å². The zero-order valence-electron chi connectivity index (χ0n) is 6.62. The summed E-state index contributed by atoms with van der Waals surface area (Å²) in [5.74, 6) is 0. The molecule has 2 heterocycles. The van der Waals surface area contributed by atoms with Crippen LogP contribution in [0.1, 0.15) is 5.69 Å². The highest BCUT2D eigenvalue weighted by atomic mass is 35.5. The SMILES string of the molecule is Clc1cnc(NCc2ccn[nH]2)s1. The van der Waals surface area contributed by atoms with Crippen LogP contribution in [0.4, 0.5) is 5.13 Å². The Morgan fingerprint density at radius 1 is 1.62 bits per heavy atom. The molecule has 0 radical (unpaired) electrons. The fourth-order valence-electron chi connectivity index (χ4n) is 0.890. The molecule has 2 N–H and O–H groups in total. The molecule has 0 amide bonds. The Kier molecular flexibility index (Phi) is 2.47. The number of thiazole rings is 1. The fourth-order valence-corrected chi connectivity index (χ4v) is 1.70. The van der Waals surface area contributed by atoms with Gasteiger partial charge in [0, 0.05) is 6.20 Å². The summed E-state index contributed by atoms with van der Waals surface area (Å²) in [4.78, 5) is 4.06. The Hall–Kier alpha value is -1.07. The van der Waals surface area contributed by atoms with Crippen LogP contribution in [0.2, 0.25) is 4.34 Å². The van der Waals surface area contributed by atoms with E-state index in [1.807, 2.05) is 6.07 Å². The van der Waals surface area contributed by atoms with E-state index in [1.54, 1.807) is 12.4 Å². The molecule has 0 spiro atoms. The molecule has 0 aliphatic rings. The van der Waals surface area contributed by atoms with Gasteiger partial charge in [-0.25, -0.2) is 4.98 Å². The monoisotopic (exact) mass is 214 g/mol. The molecule has 0 atom stereocenters. The van der Waals surface area contributed by atoms with Gasteiger partial charge in [-0.15, -0.1) is 0 Å². The summed E-state index contributed by atoms with van der Waals surface area (Å²) in [5.41, 5.74) is 1.02. The van der Waals surface area contributed by atoms with Gasteiger partial charge in [0.25, 0.3) is 0 Å². The molecule has 0 aliphatic carbocycles. The van der Waals surface area contributed by atoms with Crippen molar-refractivity contribution in [1.82, 2.24) is 15.2 Å². The zero-order chi connectivity index (χ0) is 9.10. The van der Waals surface area contributed by atoms with Crippen LogP contribution in [-0.4, -0.2) is 15.2 Å². The number of hydrogen-bond acceptors (Lipinski definition) is 4. The summed E-state index contributed by atoms with van der Waals surface area (Å²) in [6, 6.07) is 1.90. The number of nitrogens with zero attached hydrogens (tertiary/aromatic N) is 2. The highest BCUT2D eigenvalue weighted by Gasteiger charge is 1.99. The predicted molar refractivity (Wildman–Crippen MR) is 53.0 cm³/mol.